The number of ether oxygens (including phenoxy) is 1. The van der Waals surface area contributed by atoms with E-state index in [2.05, 4.69) is 10.2 Å². The fourth-order valence-corrected chi connectivity index (χ4v) is 3.80. The number of nitrogens with zero attached hydrogens (tertiary/aromatic N) is 2. The molecule has 7 nitrogen and oxygen atoms in total. The molecule has 0 radical (unpaired) electrons. The highest BCUT2D eigenvalue weighted by Gasteiger charge is 2.44. The average molecular weight is 367 g/mol. The normalized spacial score (nSPS) is 18.1. The number of hydrogen-bond donors (Lipinski definition) is 1. The van der Waals surface area contributed by atoms with Crippen LogP contribution in [0.15, 0.2) is 29.1 Å². The number of aromatic nitrogens is 2. The number of benzene rings is 1. The van der Waals surface area contributed by atoms with E-state index in [0.29, 0.717) is 43.7 Å². The van der Waals surface area contributed by atoms with Gasteiger partial charge in [0.15, 0.2) is 5.78 Å². The minimum Gasteiger partial charge on any atom is -0.486 e. The largest absolute Gasteiger partial charge is 0.486 e. The first-order valence-electron chi connectivity index (χ1n) is 9.06. The second kappa shape index (κ2) is 6.33. The first-order chi connectivity index (χ1) is 12.9. The summed E-state index contributed by atoms with van der Waals surface area (Å²) in [6.07, 6.45) is 1.50. The molecule has 0 saturated carbocycles. The molecule has 27 heavy (non-hydrogen) atoms. The molecule has 140 valence electrons. The molecule has 0 unspecified atom stereocenters. The third kappa shape index (κ3) is 3.03. The maximum atomic E-state index is 12.7. The summed E-state index contributed by atoms with van der Waals surface area (Å²) in [7, 11) is 0. The number of Topliss-reactive ketones (excluding diaryl/α,β-unsaturated/α-hetero) is 1. The second-order valence-corrected chi connectivity index (χ2v) is 7.37. The van der Waals surface area contributed by atoms with Crippen LogP contribution in [0.25, 0.3) is 0 Å². The van der Waals surface area contributed by atoms with Crippen molar-refractivity contribution >= 4 is 11.7 Å². The Morgan fingerprint density at radius 2 is 1.89 bits per heavy atom. The van der Waals surface area contributed by atoms with Crippen molar-refractivity contribution in [1.29, 1.82) is 0 Å². The Kier molecular flexibility index (Phi) is 4.09. The minimum absolute atomic E-state index is 0.0985. The molecule has 1 amide bonds. The van der Waals surface area contributed by atoms with E-state index in [-0.39, 0.29) is 22.9 Å². The number of fused-ring (bicyclic) bond motifs is 1. The number of ketones is 1. The van der Waals surface area contributed by atoms with Crippen molar-refractivity contribution < 1.29 is 14.3 Å². The summed E-state index contributed by atoms with van der Waals surface area (Å²) < 4.78 is 6.37. The molecule has 2 aliphatic rings. The van der Waals surface area contributed by atoms with Crippen LogP contribution in [0, 0.1) is 13.8 Å². The van der Waals surface area contributed by atoms with Crippen molar-refractivity contribution in [2.45, 2.75) is 38.7 Å². The molecule has 1 saturated heterocycles. The summed E-state index contributed by atoms with van der Waals surface area (Å²) >= 11 is 0. The molecular formula is C20H21N3O4. The Labute approximate surface area is 156 Å². The third-order valence-corrected chi connectivity index (χ3v) is 5.64. The number of hydrogen-bond acceptors (Lipinski definition) is 5. The van der Waals surface area contributed by atoms with Gasteiger partial charge in [0.1, 0.15) is 17.0 Å². The molecule has 1 spiro atoms. The lowest BCUT2D eigenvalue weighted by atomic mass is 9.81. The Balaban J connectivity index is 1.52. The van der Waals surface area contributed by atoms with E-state index in [0.717, 1.165) is 11.1 Å². The number of amides is 1. The Bertz CT molecular complexity index is 967. The van der Waals surface area contributed by atoms with Gasteiger partial charge in [-0.15, -0.1) is 0 Å². The van der Waals surface area contributed by atoms with Crippen LogP contribution >= 0.6 is 0 Å². The number of carbonyl (C=O) groups excluding carboxylic acids is 2. The average Bonchev–Trinajstić information content (AvgIpc) is 2.66. The summed E-state index contributed by atoms with van der Waals surface area (Å²) in [5.74, 6) is 0.561. The predicted octanol–water partition coefficient (Wildman–Crippen LogP) is 2.03. The lowest BCUT2D eigenvalue weighted by Crippen LogP contribution is -2.52. The molecule has 3 heterocycles. The number of likely N-dealkylation sites (tertiary alicyclic amines) is 1. The zero-order chi connectivity index (χ0) is 19.2. The molecule has 0 bridgehead atoms. The van der Waals surface area contributed by atoms with Gasteiger partial charge in [-0.2, -0.15) is 5.10 Å². The lowest BCUT2D eigenvalue weighted by Gasteiger charge is -2.44. The van der Waals surface area contributed by atoms with Gasteiger partial charge in [-0.25, -0.2) is 5.10 Å². The topological polar surface area (TPSA) is 92.4 Å². The number of nitrogens with one attached hydrogen (secondary N) is 1. The number of aromatic amines is 1. The first kappa shape index (κ1) is 17.5. The summed E-state index contributed by atoms with van der Waals surface area (Å²) in [5.41, 5.74) is 2.05. The van der Waals surface area contributed by atoms with E-state index in [4.69, 9.17) is 4.74 Å². The number of rotatable bonds is 1. The molecule has 1 aromatic carbocycles. The predicted molar refractivity (Wildman–Crippen MR) is 98.2 cm³/mol. The number of carbonyl (C=O) groups is 2. The van der Waals surface area contributed by atoms with E-state index < -0.39 is 5.60 Å². The highest BCUT2D eigenvalue weighted by molar-refractivity contribution is 6.01. The van der Waals surface area contributed by atoms with Crippen molar-refractivity contribution in [1.82, 2.24) is 15.1 Å². The number of H-pyrrole nitrogens is 1. The molecule has 1 fully saturated rings. The maximum Gasteiger partial charge on any atom is 0.274 e. The molecular weight excluding hydrogens is 346 g/mol. The summed E-state index contributed by atoms with van der Waals surface area (Å²) in [6.45, 7) is 4.93. The standard InChI is InChI=1S/C20H21N3O4/c1-12-3-4-14-16(24)11-20(27-18(14)13(12)2)7-9-23(10-8-20)19(26)15-5-6-17(25)22-21-15/h3-6H,7-11H2,1-2H3,(H,22,25). The van der Waals surface area contributed by atoms with Gasteiger partial charge in [0.2, 0.25) is 0 Å². The van der Waals surface area contributed by atoms with Crippen molar-refractivity contribution in [2.75, 3.05) is 13.1 Å². The Morgan fingerprint density at radius 1 is 1.15 bits per heavy atom. The molecule has 0 atom stereocenters. The highest BCUT2D eigenvalue weighted by atomic mass is 16.5. The van der Waals surface area contributed by atoms with Gasteiger partial charge >= 0.3 is 0 Å². The molecule has 7 heteroatoms. The van der Waals surface area contributed by atoms with E-state index >= 15 is 0 Å². The van der Waals surface area contributed by atoms with Gasteiger partial charge in [-0.05, 0) is 37.1 Å². The number of aryl methyl sites for hydroxylation is 1. The van der Waals surface area contributed by atoms with Gasteiger partial charge in [-0.3, -0.25) is 14.4 Å². The summed E-state index contributed by atoms with van der Waals surface area (Å²) in [4.78, 5) is 38.1. The van der Waals surface area contributed by atoms with Crippen molar-refractivity contribution in [3.63, 3.8) is 0 Å². The van der Waals surface area contributed by atoms with Gasteiger partial charge in [-0.1, -0.05) is 6.07 Å². The maximum absolute atomic E-state index is 12.7. The Morgan fingerprint density at radius 3 is 2.56 bits per heavy atom. The van der Waals surface area contributed by atoms with Gasteiger partial charge < -0.3 is 9.64 Å². The van der Waals surface area contributed by atoms with Gasteiger partial charge in [0.25, 0.3) is 11.5 Å². The monoisotopic (exact) mass is 367 g/mol. The van der Waals surface area contributed by atoms with Crippen LogP contribution in [0.3, 0.4) is 0 Å². The third-order valence-electron chi connectivity index (χ3n) is 5.64. The fraction of sp³-hybridized carbons (Fsp3) is 0.400. The molecule has 4 rings (SSSR count). The van der Waals surface area contributed by atoms with Gasteiger partial charge in [0, 0.05) is 32.0 Å². The minimum atomic E-state index is -0.558. The zero-order valence-corrected chi connectivity index (χ0v) is 15.4. The fourth-order valence-electron chi connectivity index (χ4n) is 3.80. The van der Waals surface area contributed by atoms with Crippen molar-refractivity contribution in [2.24, 2.45) is 0 Å². The van der Waals surface area contributed by atoms with E-state index in [1.165, 1.54) is 12.1 Å². The molecule has 0 aliphatic carbocycles. The van der Waals surface area contributed by atoms with Crippen molar-refractivity contribution in [3.8, 4) is 5.75 Å². The Hall–Kier alpha value is -2.96. The first-order valence-corrected chi connectivity index (χ1v) is 9.06. The molecule has 2 aromatic rings. The molecule has 1 aromatic heterocycles. The smallest absolute Gasteiger partial charge is 0.274 e. The van der Waals surface area contributed by atoms with E-state index in [9.17, 15) is 14.4 Å². The van der Waals surface area contributed by atoms with E-state index in [1.807, 2.05) is 26.0 Å². The van der Waals surface area contributed by atoms with Crippen LogP contribution in [-0.4, -0.2) is 45.5 Å². The second-order valence-electron chi connectivity index (χ2n) is 7.37. The van der Waals surface area contributed by atoms with Crippen LogP contribution in [-0.2, 0) is 0 Å². The van der Waals surface area contributed by atoms with Crippen molar-refractivity contribution in [3.05, 3.63) is 57.0 Å². The number of piperidine rings is 1. The summed E-state index contributed by atoms with van der Waals surface area (Å²) in [5, 5.41) is 6.09. The van der Waals surface area contributed by atoms with Crippen LogP contribution in [0.5, 0.6) is 5.75 Å². The highest BCUT2D eigenvalue weighted by Crippen LogP contribution is 2.41. The molecule has 2 aliphatic heterocycles. The lowest BCUT2D eigenvalue weighted by molar-refractivity contribution is -0.00636. The van der Waals surface area contributed by atoms with Crippen LogP contribution < -0.4 is 10.3 Å². The van der Waals surface area contributed by atoms with Crippen LogP contribution in [0.4, 0.5) is 0 Å². The van der Waals surface area contributed by atoms with Crippen LogP contribution in [0.1, 0.15) is 51.2 Å². The molecule has 1 N–H and O–H groups in total. The van der Waals surface area contributed by atoms with Crippen LogP contribution in [0.2, 0.25) is 0 Å². The zero-order valence-electron chi connectivity index (χ0n) is 15.4. The SMILES string of the molecule is Cc1ccc2c(c1C)OC1(CCN(C(=O)c3ccc(=O)[nH]n3)CC1)CC2=O. The van der Waals surface area contributed by atoms with E-state index in [1.54, 1.807) is 4.90 Å². The summed E-state index contributed by atoms with van der Waals surface area (Å²) in [6, 6.07) is 6.50. The van der Waals surface area contributed by atoms with Gasteiger partial charge in [0.05, 0.1) is 12.0 Å². The quantitative estimate of drug-likeness (QED) is 0.833.